The predicted octanol–water partition coefficient (Wildman–Crippen LogP) is 8.62. The Hall–Kier alpha value is -6.33. The van der Waals surface area contributed by atoms with Crippen molar-refractivity contribution in [2.75, 3.05) is 0 Å². The van der Waals surface area contributed by atoms with Crippen molar-refractivity contribution < 1.29 is 4.74 Å². The van der Waals surface area contributed by atoms with E-state index in [9.17, 15) is 0 Å². The van der Waals surface area contributed by atoms with Gasteiger partial charge in [0.1, 0.15) is 11.5 Å². The average molecular weight is 642 g/mol. The van der Waals surface area contributed by atoms with Crippen molar-refractivity contribution in [2.45, 2.75) is 13.3 Å². The van der Waals surface area contributed by atoms with E-state index in [4.69, 9.17) is 9.72 Å². The Morgan fingerprint density at radius 3 is 2.04 bits per heavy atom. The molecule has 0 spiro atoms. The van der Waals surface area contributed by atoms with Crippen LogP contribution in [0.4, 0.5) is 0 Å². The first-order valence-corrected chi connectivity index (χ1v) is 17.2. The van der Waals surface area contributed by atoms with Gasteiger partial charge in [-0.15, -0.1) is 0 Å². The molecule has 10 rings (SSSR count). The van der Waals surface area contributed by atoms with E-state index in [1.165, 1.54) is 44.2 Å². The molecule has 50 heavy (non-hydrogen) atoms. The first kappa shape index (κ1) is 28.7. The van der Waals surface area contributed by atoms with Crippen molar-refractivity contribution in [2.24, 2.45) is 0 Å². The number of rotatable bonds is 5. The van der Waals surface area contributed by atoms with Gasteiger partial charge < -0.3 is 4.74 Å². The number of para-hydroxylation sites is 6. The number of imidazole rings is 2. The van der Waals surface area contributed by atoms with Gasteiger partial charge in [0, 0.05) is 5.69 Å². The quantitative estimate of drug-likeness (QED) is 0.176. The molecule has 236 valence electrons. The molecule has 0 unspecified atom stereocenters. The Morgan fingerprint density at radius 2 is 1.26 bits per heavy atom. The highest BCUT2D eigenvalue weighted by Gasteiger charge is 2.35. The van der Waals surface area contributed by atoms with Crippen LogP contribution in [0, 0.1) is 6.92 Å². The van der Waals surface area contributed by atoms with Crippen LogP contribution < -0.4 is 21.1 Å². The van der Waals surface area contributed by atoms with Gasteiger partial charge in [-0.3, -0.25) is 8.97 Å². The number of fused-ring (bicyclic) bond motifs is 7. The molecule has 0 atom stereocenters. The molecule has 0 aliphatic carbocycles. The van der Waals surface area contributed by atoms with E-state index in [2.05, 4.69) is 180 Å². The van der Waals surface area contributed by atoms with E-state index in [1.807, 2.05) is 0 Å². The van der Waals surface area contributed by atoms with Crippen LogP contribution >= 0.6 is 0 Å². The summed E-state index contributed by atoms with van der Waals surface area (Å²) in [7, 11) is 0. The molecule has 0 N–H and O–H groups in total. The Morgan fingerprint density at radius 1 is 0.600 bits per heavy atom. The van der Waals surface area contributed by atoms with Gasteiger partial charge in [-0.25, -0.2) is 4.98 Å². The van der Waals surface area contributed by atoms with Crippen molar-refractivity contribution in [3.63, 3.8) is 0 Å². The van der Waals surface area contributed by atoms with Gasteiger partial charge in [-0.05, 0) is 95.1 Å². The molecule has 0 saturated carbocycles. The summed E-state index contributed by atoms with van der Waals surface area (Å²) in [5, 5.41) is 0. The van der Waals surface area contributed by atoms with Crippen LogP contribution in [0.5, 0.6) is 11.5 Å². The zero-order chi connectivity index (χ0) is 33.2. The van der Waals surface area contributed by atoms with Crippen LogP contribution in [0.1, 0.15) is 16.7 Å². The van der Waals surface area contributed by atoms with Gasteiger partial charge in [0.25, 0.3) is 6.71 Å². The molecule has 0 amide bonds. The molecule has 7 aromatic carbocycles. The topological polar surface area (TPSA) is 31.5 Å². The van der Waals surface area contributed by atoms with E-state index >= 15 is 0 Å². The summed E-state index contributed by atoms with van der Waals surface area (Å²) in [5.41, 5.74) is 15.6. The first-order valence-electron chi connectivity index (χ1n) is 17.2. The fourth-order valence-corrected chi connectivity index (χ4v) is 8.06. The van der Waals surface area contributed by atoms with Crippen LogP contribution in [-0.4, -0.2) is 20.7 Å². The average Bonchev–Trinajstić information content (AvgIpc) is 3.70. The second kappa shape index (κ2) is 11.4. The maximum absolute atomic E-state index is 6.46. The minimum atomic E-state index is 0.0340. The Labute approximate surface area is 290 Å². The summed E-state index contributed by atoms with van der Waals surface area (Å²) in [5.74, 6) is 2.77. The maximum atomic E-state index is 6.46. The van der Waals surface area contributed by atoms with E-state index in [1.54, 1.807) is 0 Å². The van der Waals surface area contributed by atoms with Crippen molar-refractivity contribution in [3.05, 3.63) is 180 Å². The first-order chi connectivity index (χ1) is 24.7. The van der Waals surface area contributed by atoms with Crippen molar-refractivity contribution in [1.82, 2.24) is 14.0 Å². The Kier molecular flexibility index (Phi) is 6.53. The van der Waals surface area contributed by atoms with Gasteiger partial charge in [0.2, 0.25) is 5.78 Å². The van der Waals surface area contributed by atoms with Gasteiger partial charge in [0.05, 0.1) is 22.1 Å². The maximum Gasteiger partial charge on any atom is 0.252 e. The molecule has 9 aromatic rings. The molecule has 5 heteroatoms. The van der Waals surface area contributed by atoms with Crippen LogP contribution in [-0.2, 0) is 6.42 Å². The molecule has 0 fully saturated rings. The minimum absolute atomic E-state index is 0.0340. The van der Waals surface area contributed by atoms with Crippen LogP contribution in [0.15, 0.2) is 164 Å². The zero-order valence-electron chi connectivity index (χ0n) is 27.6. The highest BCUT2D eigenvalue weighted by atomic mass is 16.5. The number of hydrogen-bond acceptors (Lipinski definition) is 2. The third-order valence-electron chi connectivity index (χ3n) is 10.4. The minimum Gasteiger partial charge on any atom is -0.458 e. The number of ether oxygens (including phenoxy) is 1. The van der Waals surface area contributed by atoms with Gasteiger partial charge in [-0.2, -0.15) is 0 Å². The SMILES string of the molecule is Cc1c(Cc2cccc(-n3c4ccccc4n4c5ccccc5nc34)c2)ccc(-c2ccccc2)c1B1c2ccccc2Oc2ccccc21. The van der Waals surface area contributed by atoms with E-state index in [0.29, 0.717) is 0 Å². The summed E-state index contributed by atoms with van der Waals surface area (Å²) < 4.78 is 11.0. The zero-order valence-corrected chi connectivity index (χ0v) is 27.6. The Bertz CT molecular complexity index is 2700. The smallest absolute Gasteiger partial charge is 0.252 e. The second-order valence-corrected chi connectivity index (χ2v) is 13.2. The lowest BCUT2D eigenvalue weighted by Crippen LogP contribution is -2.56. The summed E-state index contributed by atoms with van der Waals surface area (Å²) >= 11 is 0. The molecule has 1 aliphatic rings. The lowest BCUT2D eigenvalue weighted by molar-refractivity contribution is 0.487. The largest absolute Gasteiger partial charge is 0.458 e. The number of benzene rings is 7. The van der Waals surface area contributed by atoms with Crippen molar-refractivity contribution in [1.29, 1.82) is 0 Å². The molecule has 0 bridgehead atoms. The van der Waals surface area contributed by atoms with Gasteiger partial charge >= 0.3 is 0 Å². The standard InChI is InChI=1S/C45H32BN3O/c1-30-33(28-31-14-13-17-34(29-31)48-40-22-9-10-23-41(40)49-39-21-8-7-20-38(39)47-45(48)49)26-27-35(32-15-3-2-4-16-32)44(30)46-36-18-5-11-24-42(36)50-43-25-12-6-19-37(43)46/h2-27,29H,28H2,1H3. The molecule has 3 heterocycles. The van der Waals surface area contributed by atoms with E-state index in [-0.39, 0.29) is 6.71 Å². The molecular weight excluding hydrogens is 609 g/mol. The number of hydrogen-bond donors (Lipinski definition) is 0. The molecule has 0 radical (unpaired) electrons. The molecule has 4 nitrogen and oxygen atoms in total. The number of nitrogens with zero attached hydrogens (tertiary/aromatic N) is 3. The lowest BCUT2D eigenvalue weighted by atomic mass is 9.34. The van der Waals surface area contributed by atoms with E-state index < -0.39 is 0 Å². The fraction of sp³-hybridized carbons (Fsp3) is 0.0444. The van der Waals surface area contributed by atoms with Crippen molar-refractivity contribution >= 4 is 50.9 Å². The summed E-state index contributed by atoms with van der Waals surface area (Å²) in [4.78, 5) is 5.11. The molecule has 1 aliphatic heterocycles. The summed E-state index contributed by atoms with van der Waals surface area (Å²) in [6.45, 7) is 2.34. The molecule has 0 saturated heterocycles. The van der Waals surface area contributed by atoms with Gasteiger partial charge in [0.15, 0.2) is 0 Å². The monoisotopic (exact) mass is 641 g/mol. The third kappa shape index (κ3) is 4.44. The van der Waals surface area contributed by atoms with Crippen molar-refractivity contribution in [3.8, 4) is 28.3 Å². The van der Waals surface area contributed by atoms with Crippen LogP contribution in [0.25, 0.3) is 44.7 Å². The highest BCUT2D eigenvalue weighted by Crippen LogP contribution is 2.31. The number of aromatic nitrogens is 3. The third-order valence-corrected chi connectivity index (χ3v) is 10.4. The summed E-state index contributed by atoms with van der Waals surface area (Å²) in [6.07, 6.45) is 0.806. The Balaban J connectivity index is 1.14. The predicted molar refractivity (Wildman–Crippen MR) is 207 cm³/mol. The van der Waals surface area contributed by atoms with Gasteiger partial charge in [-0.1, -0.05) is 126 Å². The van der Waals surface area contributed by atoms with Crippen LogP contribution in [0.3, 0.4) is 0 Å². The van der Waals surface area contributed by atoms with E-state index in [0.717, 1.165) is 51.5 Å². The molecular formula is C45H32BN3O. The highest BCUT2D eigenvalue weighted by molar-refractivity contribution is 6.98. The normalized spacial score (nSPS) is 12.3. The lowest BCUT2D eigenvalue weighted by Gasteiger charge is -2.30. The second-order valence-electron chi connectivity index (χ2n) is 13.2. The fourth-order valence-electron chi connectivity index (χ4n) is 8.06. The summed E-state index contributed by atoms with van der Waals surface area (Å²) in [6, 6.07) is 58.4. The molecule has 2 aromatic heterocycles. The van der Waals surface area contributed by atoms with Crippen LogP contribution in [0.2, 0.25) is 0 Å².